The highest BCUT2D eigenvalue weighted by Crippen LogP contribution is 2.17. The fourth-order valence-corrected chi connectivity index (χ4v) is 1.97. The van der Waals surface area contributed by atoms with Gasteiger partial charge in [-0.1, -0.05) is 13.8 Å². The van der Waals surface area contributed by atoms with Crippen LogP contribution in [0.2, 0.25) is 0 Å². The van der Waals surface area contributed by atoms with Crippen molar-refractivity contribution >= 4 is 11.6 Å². The van der Waals surface area contributed by atoms with Crippen molar-refractivity contribution in [2.45, 2.75) is 20.3 Å². The van der Waals surface area contributed by atoms with Gasteiger partial charge in [0.2, 0.25) is 0 Å². The van der Waals surface area contributed by atoms with Crippen LogP contribution in [0.1, 0.15) is 20.3 Å². The third-order valence-corrected chi connectivity index (χ3v) is 2.65. The molecule has 1 rings (SSSR count). The number of hydrogen-bond donors (Lipinski definition) is 0. The van der Waals surface area contributed by atoms with Crippen LogP contribution in [-0.2, 0) is 0 Å². The zero-order valence-electron chi connectivity index (χ0n) is 7.52. The third-order valence-electron chi connectivity index (χ3n) is 2.21. The van der Waals surface area contributed by atoms with Crippen LogP contribution in [0.15, 0.2) is 0 Å². The monoisotopic (exact) mass is 175 g/mol. The van der Waals surface area contributed by atoms with Gasteiger partial charge in [0.1, 0.15) is 0 Å². The lowest BCUT2D eigenvalue weighted by Gasteiger charge is -2.17. The van der Waals surface area contributed by atoms with Gasteiger partial charge >= 0.3 is 0 Å². The molecule has 1 unspecified atom stereocenters. The molecule has 66 valence electrons. The minimum absolute atomic E-state index is 0.760. The summed E-state index contributed by atoms with van der Waals surface area (Å²) in [6.07, 6.45) is 1.30. The van der Waals surface area contributed by atoms with Crippen molar-refractivity contribution in [2.24, 2.45) is 11.8 Å². The van der Waals surface area contributed by atoms with E-state index in [4.69, 9.17) is 11.6 Å². The van der Waals surface area contributed by atoms with Crippen LogP contribution >= 0.6 is 11.6 Å². The maximum absolute atomic E-state index is 5.78. The summed E-state index contributed by atoms with van der Waals surface area (Å²) in [5.41, 5.74) is 0. The van der Waals surface area contributed by atoms with Gasteiger partial charge in [0.25, 0.3) is 0 Å². The van der Waals surface area contributed by atoms with E-state index in [-0.39, 0.29) is 0 Å². The first-order chi connectivity index (χ1) is 5.22. The van der Waals surface area contributed by atoms with Crippen LogP contribution in [0.5, 0.6) is 0 Å². The Morgan fingerprint density at radius 1 is 1.55 bits per heavy atom. The second-order valence-electron chi connectivity index (χ2n) is 3.96. The maximum Gasteiger partial charge on any atom is 0.0264 e. The summed E-state index contributed by atoms with van der Waals surface area (Å²) >= 11 is 5.78. The first-order valence-electron chi connectivity index (χ1n) is 4.50. The zero-order chi connectivity index (χ0) is 8.27. The Morgan fingerprint density at radius 2 is 2.27 bits per heavy atom. The van der Waals surface area contributed by atoms with Crippen LogP contribution in [0.3, 0.4) is 0 Å². The number of nitrogens with zero attached hydrogens (tertiary/aromatic N) is 1. The molecular formula is C9H18ClN. The molecule has 0 radical (unpaired) electrons. The van der Waals surface area contributed by atoms with Crippen molar-refractivity contribution in [1.82, 2.24) is 4.90 Å². The number of likely N-dealkylation sites (tertiary alicyclic amines) is 1. The van der Waals surface area contributed by atoms with E-state index in [1.165, 1.54) is 26.1 Å². The summed E-state index contributed by atoms with van der Waals surface area (Å²) in [4.78, 5) is 2.53. The highest BCUT2D eigenvalue weighted by molar-refractivity contribution is 6.18. The molecule has 0 amide bonds. The van der Waals surface area contributed by atoms with E-state index in [0.29, 0.717) is 0 Å². The minimum atomic E-state index is 0.760. The molecule has 0 aromatic carbocycles. The summed E-state index contributed by atoms with van der Waals surface area (Å²) in [5.74, 6) is 2.40. The number of rotatable bonds is 3. The largest absolute Gasteiger partial charge is 0.303 e. The lowest BCUT2D eigenvalue weighted by atomic mass is 10.2. The molecule has 0 saturated carbocycles. The zero-order valence-corrected chi connectivity index (χ0v) is 8.27. The standard InChI is InChI=1S/C9H18ClN/c1-8(2)6-11-4-3-9(5-10)7-11/h8-9H,3-7H2,1-2H3. The Labute approximate surface area is 74.7 Å². The average Bonchev–Trinajstić information content (AvgIpc) is 2.34. The summed E-state index contributed by atoms with van der Waals surface area (Å²) in [6, 6.07) is 0. The molecule has 1 saturated heterocycles. The number of halogens is 1. The quantitative estimate of drug-likeness (QED) is 0.595. The minimum Gasteiger partial charge on any atom is -0.303 e. The molecule has 0 bridgehead atoms. The van der Waals surface area contributed by atoms with E-state index >= 15 is 0 Å². The second-order valence-corrected chi connectivity index (χ2v) is 4.27. The second kappa shape index (κ2) is 4.32. The first kappa shape index (κ1) is 9.34. The molecular weight excluding hydrogens is 158 g/mol. The Bertz CT molecular complexity index is 114. The molecule has 0 N–H and O–H groups in total. The van der Waals surface area contributed by atoms with Crippen molar-refractivity contribution in [1.29, 1.82) is 0 Å². The van der Waals surface area contributed by atoms with E-state index in [0.717, 1.165) is 17.7 Å². The Kier molecular flexibility index (Phi) is 3.67. The van der Waals surface area contributed by atoms with Crippen LogP contribution in [-0.4, -0.2) is 30.4 Å². The van der Waals surface area contributed by atoms with Gasteiger partial charge in [0.15, 0.2) is 0 Å². The molecule has 0 aromatic heterocycles. The normalized spacial score (nSPS) is 26.7. The predicted molar refractivity (Wildman–Crippen MR) is 50.1 cm³/mol. The highest BCUT2D eigenvalue weighted by Gasteiger charge is 2.21. The van der Waals surface area contributed by atoms with Gasteiger partial charge in [-0.15, -0.1) is 11.6 Å². The van der Waals surface area contributed by atoms with Crippen molar-refractivity contribution < 1.29 is 0 Å². The molecule has 11 heavy (non-hydrogen) atoms. The molecule has 1 nitrogen and oxygen atoms in total. The summed E-state index contributed by atoms with van der Waals surface area (Å²) in [6.45, 7) is 8.27. The Balaban J connectivity index is 2.19. The van der Waals surface area contributed by atoms with Gasteiger partial charge in [0, 0.05) is 19.0 Å². The topological polar surface area (TPSA) is 3.24 Å². The molecule has 2 heteroatoms. The summed E-state index contributed by atoms with van der Waals surface area (Å²) in [5, 5.41) is 0. The smallest absolute Gasteiger partial charge is 0.0264 e. The third kappa shape index (κ3) is 3.00. The molecule has 1 heterocycles. The summed E-state index contributed by atoms with van der Waals surface area (Å²) < 4.78 is 0. The van der Waals surface area contributed by atoms with Gasteiger partial charge in [-0.05, 0) is 24.8 Å². The SMILES string of the molecule is CC(C)CN1CCC(CCl)C1. The lowest BCUT2D eigenvalue weighted by Crippen LogP contribution is -2.25. The van der Waals surface area contributed by atoms with Gasteiger partial charge in [0.05, 0.1) is 0 Å². The molecule has 1 fully saturated rings. The average molecular weight is 176 g/mol. The fraction of sp³-hybridized carbons (Fsp3) is 1.00. The molecule has 0 spiro atoms. The van der Waals surface area contributed by atoms with Crippen molar-refractivity contribution in [2.75, 3.05) is 25.5 Å². The molecule has 1 aliphatic rings. The molecule has 0 aliphatic carbocycles. The van der Waals surface area contributed by atoms with Gasteiger partial charge < -0.3 is 4.90 Å². The highest BCUT2D eigenvalue weighted by atomic mass is 35.5. The van der Waals surface area contributed by atoms with Gasteiger partial charge in [-0.3, -0.25) is 0 Å². The number of alkyl halides is 1. The summed E-state index contributed by atoms with van der Waals surface area (Å²) in [7, 11) is 0. The number of hydrogen-bond acceptors (Lipinski definition) is 1. The van der Waals surface area contributed by atoms with E-state index in [1.807, 2.05) is 0 Å². The van der Waals surface area contributed by atoms with E-state index in [2.05, 4.69) is 18.7 Å². The fourth-order valence-electron chi connectivity index (χ4n) is 1.72. The molecule has 1 aliphatic heterocycles. The van der Waals surface area contributed by atoms with Crippen LogP contribution in [0, 0.1) is 11.8 Å². The molecule has 1 atom stereocenters. The van der Waals surface area contributed by atoms with E-state index in [1.54, 1.807) is 0 Å². The predicted octanol–water partition coefficient (Wildman–Crippen LogP) is 2.20. The molecule has 0 aromatic rings. The van der Waals surface area contributed by atoms with E-state index < -0.39 is 0 Å². The Morgan fingerprint density at radius 3 is 2.73 bits per heavy atom. The van der Waals surface area contributed by atoms with Crippen LogP contribution in [0.25, 0.3) is 0 Å². The first-order valence-corrected chi connectivity index (χ1v) is 5.04. The van der Waals surface area contributed by atoms with Gasteiger partial charge in [-0.2, -0.15) is 0 Å². The van der Waals surface area contributed by atoms with E-state index in [9.17, 15) is 0 Å². The Hall–Kier alpha value is 0.250. The van der Waals surface area contributed by atoms with Crippen LogP contribution < -0.4 is 0 Å². The van der Waals surface area contributed by atoms with Crippen LogP contribution in [0.4, 0.5) is 0 Å². The lowest BCUT2D eigenvalue weighted by molar-refractivity contribution is 0.290. The maximum atomic E-state index is 5.78. The van der Waals surface area contributed by atoms with Crippen molar-refractivity contribution in [3.05, 3.63) is 0 Å². The van der Waals surface area contributed by atoms with Crippen molar-refractivity contribution in [3.8, 4) is 0 Å². The van der Waals surface area contributed by atoms with Crippen molar-refractivity contribution in [3.63, 3.8) is 0 Å². The van der Waals surface area contributed by atoms with Gasteiger partial charge in [-0.25, -0.2) is 0 Å².